The van der Waals surface area contributed by atoms with Crippen LogP contribution in [0.3, 0.4) is 0 Å². The van der Waals surface area contributed by atoms with E-state index in [-0.39, 0.29) is 23.3 Å². The molecule has 0 aliphatic heterocycles. The standard InChI is InChI=1S/C14H24N4O3/c1-5-14(6-2,9-15)16-13(19)12-7-11(18(20)21)8-17(12)10(3)4/h7-8,10H,5-6,9,15H2,1-4H3,(H,16,19). The van der Waals surface area contributed by atoms with Gasteiger partial charge in [0, 0.05) is 18.7 Å². The quantitative estimate of drug-likeness (QED) is 0.594. The van der Waals surface area contributed by atoms with Crippen molar-refractivity contribution in [1.29, 1.82) is 0 Å². The average molecular weight is 296 g/mol. The van der Waals surface area contributed by atoms with Crippen LogP contribution in [0.2, 0.25) is 0 Å². The smallest absolute Gasteiger partial charge is 0.287 e. The van der Waals surface area contributed by atoms with E-state index < -0.39 is 10.5 Å². The molecule has 1 aromatic rings. The lowest BCUT2D eigenvalue weighted by Crippen LogP contribution is -2.53. The Labute approximate surface area is 124 Å². The van der Waals surface area contributed by atoms with E-state index >= 15 is 0 Å². The number of nitrogens with one attached hydrogen (secondary N) is 1. The highest BCUT2D eigenvalue weighted by molar-refractivity contribution is 5.94. The second kappa shape index (κ2) is 6.71. The van der Waals surface area contributed by atoms with Crippen LogP contribution in [0.15, 0.2) is 12.3 Å². The van der Waals surface area contributed by atoms with Gasteiger partial charge in [0.25, 0.3) is 11.6 Å². The molecule has 0 atom stereocenters. The third kappa shape index (κ3) is 3.60. The fraction of sp³-hybridized carbons (Fsp3) is 0.643. The summed E-state index contributed by atoms with van der Waals surface area (Å²) in [6.07, 6.45) is 2.80. The summed E-state index contributed by atoms with van der Waals surface area (Å²) in [5.41, 5.74) is 5.51. The number of amides is 1. The van der Waals surface area contributed by atoms with Gasteiger partial charge < -0.3 is 15.6 Å². The van der Waals surface area contributed by atoms with Crippen LogP contribution < -0.4 is 11.1 Å². The molecule has 0 aliphatic carbocycles. The average Bonchev–Trinajstić information content (AvgIpc) is 2.90. The molecule has 1 amide bonds. The fourth-order valence-electron chi connectivity index (χ4n) is 2.25. The Bertz CT molecular complexity index is 510. The van der Waals surface area contributed by atoms with Crippen LogP contribution in [0.4, 0.5) is 5.69 Å². The van der Waals surface area contributed by atoms with Crippen LogP contribution in [0.1, 0.15) is 57.1 Å². The zero-order valence-corrected chi connectivity index (χ0v) is 13.0. The van der Waals surface area contributed by atoms with Crippen molar-refractivity contribution in [3.05, 3.63) is 28.1 Å². The van der Waals surface area contributed by atoms with E-state index in [0.717, 1.165) is 0 Å². The molecule has 0 aromatic carbocycles. The molecule has 0 saturated heterocycles. The van der Waals surface area contributed by atoms with Crippen molar-refractivity contribution >= 4 is 11.6 Å². The van der Waals surface area contributed by atoms with Gasteiger partial charge in [0.05, 0.1) is 16.7 Å². The van der Waals surface area contributed by atoms with Gasteiger partial charge in [0.15, 0.2) is 0 Å². The molecule has 0 unspecified atom stereocenters. The molecule has 0 saturated carbocycles. The molecule has 0 spiro atoms. The Kier molecular flexibility index (Phi) is 5.48. The van der Waals surface area contributed by atoms with Crippen LogP contribution in [-0.4, -0.2) is 27.5 Å². The van der Waals surface area contributed by atoms with E-state index in [4.69, 9.17) is 5.73 Å². The van der Waals surface area contributed by atoms with Gasteiger partial charge in [-0.25, -0.2) is 0 Å². The van der Waals surface area contributed by atoms with Crippen LogP contribution in [-0.2, 0) is 0 Å². The summed E-state index contributed by atoms with van der Waals surface area (Å²) in [5.74, 6) is -0.328. The van der Waals surface area contributed by atoms with Crippen molar-refractivity contribution < 1.29 is 9.72 Å². The lowest BCUT2D eigenvalue weighted by atomic mass is 9.93. The molecule has 1 rings (SSSR count). The van der Waals surface area contributed by atoms with E-state index in [0.29, 0.717) is 19.4 Å². The molecule has 118 valence electrons. The predicted octanol–water partition coefficient (Wildman–Crippen LogP) is 2.22. The third-order valence-corrected chi connectivity index (χ3v) is 3.96. The van der Waals surface area contributed by atoms with Crippen LogP contribution >= 0.6 is 0 Å². The van der Waals surface area contributed by atoms with Crippen molar-refractivity contribution in [2.75, 3.05) is 6.54 Å². The first-order chi connectivity index (χ1) is 9.80. The molecule has 1 heterocycles. The van der Waals surface area contributed by atoms with Crippen LogP contribution in [0.25, 0.3) is 0 Å². The van der Waals surface area contributed by atoms with Crippen molar-refractivity contribution in [3.8, 4) is 0 Å². The Balaban J connectivity index is 3.14. The lowest BCUT2D eigenvalue weighted by Gasteiger charge is -2.31. The maximum Gasteiger partial charge on any atom is 0.287 e. The minimum absolute atomic E-state index is 0.0463. The molecule has 0 fully saturated rings. The molecule has 3 N–H and O–H groups in total. The van der Waals surface area contributed by atoms with Gasteiger partial charge in [0.2, 0.25) is 0 Å². The summed E-state index contributed by atoms with van der Waals surface area (Å²) in [6, 6.07) is 1.26. The number of nitrogens with two attached hydrogens (primary N) is 1. The first kappa shape index (κ1) is 17.2. The van der Waals surface area contributed by atoms with Crippen molar-refractivity contribution in [2.45, 2.75) is 52.1 Å². The number of carbonyl (C=O) groups excluding carboxylic acids is 1. The zero-order chi connectivity index (χ0) is 16.2. The van der Waals surface area contributed by atoms with Gasteiger partial charge in [-0.15, -0.1) is 0 Å². The van der Waals surface area contributed by atoms with Crippen molar-refractivity contribution in [1.82, 2.24) is 9.88 Å². The highest BCUT2D eigenvalue weighted by atomic mass is 16.6. The number of nitro groups is 1. The maximum absolute atomic E-state index is 12.5. The van der Waals surface area contributed by atoms with Gasteiger partial charge >= 0.3 is 0 Å². The summed E-state index contributed by atoms with van der Waals surface area (Å²) < 4.78 is 1.61. The summed E-state index contributed by atoms with van der Waals surface area (Å²) in [5, 5.41) is 13.8. The van der Waals surface area contributed by atoms with E-state index in [9.17, 15) is 14.9 Å². The molecular weight excluding hydrogens is 272 g/mol. The second-order valence-corrected chi connectivity index (χ2v) is 5.49. The van der Waals surface area contributed by atoms with Crippen LogP contribution in [0.5, 0.6) is 0 Å². The molecular formula is C14H24N4O3. The summed E-state index contributed by atoms with van der Waals surface area (Å²) in [6.45, 7) is 7.99. The topological polar surface area (TPSA) is 103 Å². The molecule has 21 heavy (non-hydrogen) atoms. The summed E-state index contributed by atoms with van der Waals surface area (Å²) in [4.78, 5) is 22.9. The van der Waals surface area contributed by atoms with Crippen LogP contribution in [0, 0.1) is 10.1 Å². The minimum atomic E-state index is -0.495. The Morgan fingerprint density at radius 2 is 2.05 bits per heavy atom. The minimum Gasteiger partial charge on any atom is -0.344 e. The van der Waals surface area contributed by atoms with E-state index in [1.807, 2.05) is 27.7 Å². The largest absolute Gasteiger partial charge is 0.344 e. The SMILES string of the molecule is CCC(CC)(CN)NC(=O)c1cc([N+](=O)[O-])cn1C(C)C. The monoisotopic (exact) mass is 296 g/mol. The third-order valence-electron chi connectivity index (χ3n) is 3.96. The van der Waals surface area contributed by atoms with E-state index in [2.05, 4.69) is 5.32 Å². The number of hydrogen-bond donors (Lipinski definition) is 2. The highest BCUT2D eigenvalue weighted by Gasteiger charge is 2.29. The molecule has 0 radical (unpaired) electrons. The number of rotatable bonds is 7. The van der Waals surface area contributed by atoms with Crippen molar-refractivity contribution in [3.63, 3.8) is 0 Å². The number of nitrogens with zero attached hydrogens (tertiary/aromatic N) is 2. The van der Waals surface area contributed by atoms with Gasteiger partial charge in [-0.05, 0) is 26.7 Å². The number of carbonyl (C=O) groups is 1. The predicted molar refractivity (Wildman–Crippen MR) is 81.3 cm³/mol. The van der Waals surface area contributed by atoms with E-state index in [1.54, 1.807) is 4.57 Å². The molecule has 1 aromatic heterocycles. The van der Waals surface area contributed by atoms with E-state index in [1.165, 1.54) is 12.3 Å². The van der Waals surface area contributed by atoms with Gasteiger partial charge in [-0.1, -0.05) is 13.8 Å². The van der Waals surface area contributed by atoms with Crippen molar-refractivity contribution in [2.24, 2.45) is 5.73 Å². The molecule has 0 bridgehead atoms. The maximum atomic E-state index is 12.5. The fourth-order valence-corrected chi connectivity index (χ4v) is 2.25. The number of aromatic nitrogens is 1. The zero-order valence-electron chi connectivity index (χ0n) is 13.0. The molecule has 0 aliphatic rings. The Morgan fingerprint density at radius 1 is 1.48 bits per heavy atom. The summed E-state index contributed by atoms with van der Waals surface area (Å²) >= 11 is 0. The first-order valence-electron chi connectivity index (χ1n) is 7.19. The van der Waals surface area contributed by atoms with Gasteiger partial charge in [0.1, 0.15) is 5.69 Å². The summed E-state index contributed by atoms with van der Waals surface area (Å²) in [7, 11) is 0. The Hall–Kier alpha value is -1.89. The number of hydrogen-bond acceptors (Lipinski definition) is 4. The molecule has 7 heteroatoms. The highest BCUT2D eigenvalue weighted by Crippen LogP contribution is 2.22. The normalized spacial score (nSPS) is 11.7. The lowest BCUT2D eigenvalue weighted by molar-refractivity contribution is -0.384. The molecule has 7 nitrogen and oxygen atoms in total. The first-order valence-corrected chi connectivity index (χ1v) is 7.19. The second-order valence-electron chi connectivity index (χ2n) is 5.49. The van der Waals surface area contributed by atoms with Gasteiger partial charge in [-0.2, -0.15) is 0 Å². The Morgan fingerprint density at radius 3 is 2.43 bits per heavy atom. The van der Waals surface area contributed by atoms with Gasteiger partial charge in [-0.3, -0.25) is 14.9 Å².